The fourth-order valence-corrected chi connectivity index (χ4v) is 1.06. The topological polar surface area (TPSA) is 39.2 Å². The van der Waals surface area contributed by atoms with E-state index in [0.717, 1.165) is 6.07 Å². The van der Waals surface area contributed by atoms with E-state index >= 15 is 0 Å². The zero-order valence-corrected chi connectivity index (χ0v) is 7.75. The third kappa shape index (κ3) is 1.86. The van der Waals surface area contributed by atoms with Gasteiger partial charge in [0.2, 0.25) is 0 Å². The molecule has 14 heavy (non-hydrogen) atoms. The molecule has 1 rings (SSSR count). The van der Waals surface area contributed by atoms with Gasteiger partial charge in [0.05, 0.1) is 7.11 Å². The third-order valence-electron chi connectivity index (χ3n) is 1.84. The van der Waals surface area contributed by atoms with Gasteiger partial charge in [0.15, 0.2) is 6.29 Å². The van der Waals surface area contributed by atoms with E-state index in [2.05, 4.69) is 4.98 Å². The Labute approximate surface area is 79.7 Å². The number of aldehydes is 1. The predicted octanol–water partition coefficient (Wildman–Crippen LogP) is 2.15. The van der Waals surface area contributed by atoms with Gasteiger partial charge in [-0.3, -0.25) is 4.79 Å². The second-order valence-corrected chi connectivity index (χ2v) is 2.68. The Morgan fingerprint density at radius 3 is 2.64 bits per heavy atom. The lowest BCUT2D eigenvalue weighted by molar-refractivity contribution is 0.111. The van der Waals surface area contributed by atoms with Crippen molar-refractivity contribution < 1.29 is 18.3 Å². The van der Waals surface area contributed by atoms with Gasteiger partial charge in [0.25, 0.3) is 6.43 Å². The normalized spacial score (nSPS) is 10.4. The molecule has 0 aliphatic heterocycles. The first-order valence-corrected chi connectivity index (χ1v) is 3.89. The number of halogens is 2. The van der Waals surface area contributed by atoms with Gasteiger partial charge in [0, 0.05) is 11.6 Å². The molecule has 1 aromatic rings. The van der Waals surface area contributed by atoms with Crippen LogP contribution in [0.2, 0.25) is 0 Å². The Morgan fingerprint density at radius 2 is 2.21 bits per heavy atom. The molecule has 0 bridgehead atoms. The van der Waals surface area contributed by atoms with Crippen LogP contribution in [-0.2, 0) is 0 Å². The summed E-state index contributed by atoms with van der Waals surface area (Å²) < 4.78 is 29.4. The molecule has 5 heteroatoms. The van der Waals surface area contributed by atoms with Gasteiger partial charge in [-0.25, -0.2) is 13.8 Å². The molecule has 0 saturated heterocycles. The smallest absolute Gasteiger partial charge is 0.280 e. The summed E-state index contributed by atoms with van der Waals surface area (Å²) in [6, 6.07) is 1.13. The highest BCUT2D eigenvalue weighted by Gasteiger charge is 2.15. The van der Waals surface area contributed by atoms with E-state index in [1.165, 1.54) is 7.11 Å². The molecular formula is C9H9F2NO2. The van der Waals surface area contributed by atoms with Gasteiger partial charge in [-0.2, -0.15) is 0 Å². The van der Waals surface area contributed by atoms with Gasteiger partial charge in [-0.05, 0) is 6.92 Å². The van der Waals surface area contributed by atoms with Crippen molar-refractivity contribution in [2.24, 2.45) is 0 Å². The van der Waals surface area contributed by atoms with Crippen LogP contribution in [0.5, 0.6) is 5.75 Å². The number of rotatable bonds is 3. The molecule has 0 radical (unpaired) electrons. The van der Waals surface area contributed by atoms with E-state index in [1.807, 2.05) is 0 Å². The molecule has 0 aromatic carbocycles. The maximum Gasteiger partial charge on any atom is 0.280 e. The zero-order chi connectivity index (χ0) is 10.7. The highest BCUT2D eigenvalue weighted by molar-refractivity contribution is 5.75. The molecule has 0 N–H and O–H groups in total. The second-order valence-electron chi connectivity index (χ2n) is 2.68. The minimum absolute atomic E-state index is 0.0142. The van der Waals surface area contributed by atoms with E-state index in [-0.39, 0.29) is 11.4 Å². The maximum atomic E-state index is 12.3. The van der Waals surface area contributed by atoms with Crippen LogP contribution in [0.3, 0.4) is 0 Å². The molecule has 3 nitrogen and oxygen atoms in total. The maximum absolute atomic E-state index is 12.3. The summed E-state index contributed by atoms with van der Waals surface area (Å²) in [4.78, 5) is 14.0. The fraction of sp³-hybridized carbons (Fsp3) is 0.333. The number of alkyl halides is 2. The summed E-state index contributed by atoms with van der Waals surface area (Å²) in [5.74, 6) is 0.248. The number of carbonyl (C=O) groups is 1. The Bertz CT molecular complexity index is 353. The molecule has 1 heterocycles. The van der Waals surface area contributed by atoms with Gasteiger partial charge in [-0.15, -0.1) is 0 Å². The van der Waals surface area contributed by atoms with Crippen LogP contribution in [-0.4, -0.2) is 18.4 Å². The monoisotopic (exact) mass is 201 g/mol. The zero-order valence-electron chi connectivity index (χ0n) is 7.75. The lowest BCUT2D eigenvalue weighted by Crippen LogP contribution is -2.01. The minimum atomic E-state index is -2.71. The van der Waals surface area contributed by atoms with Crippen LogP contribution in [0, 0.1) is 6.92 Å². The van der Waals surface area contributed by atoms with Crippen molar-refractivity contribution in [3.63, 3.8) is 0 Å². The third-order valence-corrected chi connectivity index (χ3v) is 1.84. The summed E-state index contributed by atoms with van der Waals surface area (Å²) in [6.45, 7) is 1.59. The van der Waals surface area contributed by atoms with Crippen molar-refractivity contribution in [2.75, 3.05) is 7.11 Å². The van der Waals surface area contributed by atoms with Crippen molar-refractivity contribution >= 4 is 6.29 Å². The van der Waals surface area contributed by atoms with E-state index in [1.54, 1.807) is 6.92 Å². The van der Waals surface area contributed by atoms with Crippen LogP contribution in [0.25, 0.3) is 0 Å². The lowest BCUT2D eigenvalue weighted by Gasteiger charge is -2.08. The van der Waals surface area contributed by atoms with Crippen LogP contribution in [0.15, 0.2) is 6.07 Å². The molecule has 0 spiro atoms. The van der Waals surface area contributed by atoms with Gasteiger partial charge in [0.1, 0.15) is 17.1 Å². The summed E-state index contributed by atoms with van der Waals surface area (Å²) in [5, 5.41) is 0. The molecule has 0 fully saturated rings. The number of hydrogen-bond acceptors (Lipinski definition) is 3. The van der Waals surface area contributed by atoms with Crippen LogP contribution in [0.4, 0.5) is 8.78 Å². The molecule has 0 amide bonds. The molecule has 0 saturated carbocycles. The van der Waals surface area contributed by atoms with E-state index < -0.39 is 12.1 Å². The first-order valence-electron chi connectivity index (χ1n) is 3.89. The average Bonchev–Trinajstić information content (AvgIpc) is 2.17. The average molecular weight is 201 g/mol. The number of hydrogen-bond donors (Lipinski definition) is 0. The summed E-state index contributed by atoms with van der Waals surface area (Å²) in [5.41, 5.74) is 0.00102. The van der Waals surface area contributed by atoms with Crippen molar-refractivity contribution in [1.82, 2.24) is 4.98 Å². The van der Waals surface area contributed by atoms with Gasteiger partial charge >= 0.3 is 0 Å². The van der Waals surface area contributed by atoms with E-state index in [9.17, 15) is 13.6 Å². The highest BCUT2D eigenvalue weighted by Crippen LogP contribution is 2.25. The molecular weight excluding hydrogens is 192 g/mol. The van der Waals surface area contributed by atoms with Crippen molar-refractivity contribution in [2.45, 2.75) is 13.3 Å². The summed E-state index contributed by atoms with van der Waals surface area (Å²) in [7, 11) is 1.35. The van der Waals surface area contributed by atoms with Gasteiger partial charge < -0.3 is 4.74 Å². The molecule has 1 aromatic heterocycles. The highest BCUT2D eigenvalue weighted by atomic mass is 19.3. The number of nitrogens with zero attached hydrogens (tertiary/aromatic N) is 1. The first-order chi connectivity index (χ1) is 6.60. The molecule has 0 atom stereocenters. The van der Waals surface area contributed by atoms with Gasteiger partial charge in [-0.1, -0.05) is 0 Å². The number of pyridine rings is 1. The van der Waals surface area contributed by atoms with E-state index in [0.29, 0.717) is 11.8 Å². The van der Waals surface area contributed by atoms with Crippen molar-refractivity contribution in [3.8, 4) is 5.75 Å². The van der Waals surface area contributed by atoms with Crippen LogP contribution in [0.1, 0.15) is 28.2 Å². The first kappa shape index (κ1) is 10.6. The van der Waals surface area contributed by atoms with Crippen LogP contribution >= 0.6 is 0 Å². The Balaban J connectivity index is 3.31. The lowest BCUT2D eigenvalue weighted by atomic mass is 10.2. The number of carbonyl (C=O) groups excluding carboxylic acids is 1. The summed E-state index contributed by atoms with van der Waals surface area (Å²) in [6.07, 6.45) is -2.27. The Morgan fingerprint density at radius 1 is 1.57 bits per heavy atom. The van der Waals surface area contributed by atoms with Crippen LogP contribution < -0.4 is 4.74 Å². The molecule has 76 valence electrons. The number of methoxy groups -OCH3 is 1. The van der Waals surface area contributed by atoms with Crippen molar-refractivity contribution in [1.29, 1.82) is 0 Å². The Kier molecular flexibility index (Phi) is 3.11. The molecule has 0 aliphatic carbocycles. The number of aromatic nitrogens is 1. The standard InChI is InChI=1S/C9H9F2NO2/c1-5-7(4-13)12-6(9(10)11)3-8(5)14-2/h3-4,9H,1-2H3. The summed E-state index contributed by atoms with van der Waals surface area (Å²) >= 11 is 0. The second kappa shape index (κ2) is 4.13. The minimum Gasteiger partial charge on any atom is -0.496 e. The quantitative estimate of drug-likeness (QED) is 0.703. The largest absolute Gasteiger partial charge is 0.496 e. The fourth-order valence-electron chi connectivity index (χ4n) is 1.06. The van der Waals surface area contributed by atoms with E-state index in [4.69, 9.17) is 4.74 Å². The molecule has 0 unspecified atom stereocenters. The number of ether oxygens (including phenoxy) is 1. The predicted molar refractivity (Wildman–Crippen MR) is 45.9 cm³/mol. The van der Waals surface area contributed by atoms with Crippen molar-refractivity contribution in [3.05, 3.63) is 23.0 Å². The SMILES string of the molecule is COc1cc(C(F)F)nc(C=O)c1C. The molecule has 0 aliphatic rings. The Hall–Kier alpha value is -1.52.